The van der Waals surface area contributed by atoms with Crippen molar-refractivity contribution in [3.05, 3.63) is 63.8 Å². The van der Waals surface area contributed by atoms with Crippen LogP contribution >= 0.6 is 11.6 Å². The van der Waals surface area contributed by atoms with E-state index >= 15 is 0 Å². The van der Waals surface area contributed by atoms with Crippen LogP contribution in [0.2, 0.25) is 5.02 Å². The summed E-state index contributed by atoms with van der Waals surface area (Å²) in [5, 5.41) is 2.87. The Morgan fingerprint density at radius 1 is 1.24 bits per heavy atom. The lowest BCUT2D eigenvalue weighted by atomic mass is 10.1. The normalized spacial score (nSPS) is 14.7. The molecule has 3 rings (SSSR count). The van der Waals surface area contributed by atoms with E-state index in [4.69, 9.17) is 27.5 Å². The SMILES string of the molecule is C#CCOc1c(Cl)cc(/C=C2/NC(=O)N(Cc3ccc(C)cc3)C2=O)cc1OC. The zero-order valence-corrected chi connectivity index (χ0v) is 16.7. The Balaban J connectivity index is 1.84. The number of terminal acetylenes is 1. The summed E-state index contributed by atoms with van der Waals surface area (Å²) in [6.07, 6.45) is 6.75. The van der Waals surface area contributed by atoms with E-state index in [0.717, 1.165) is 16.0 Å². The maximum atomic E-state index is 12.7. The van der Waals surface area contributed by atoms with Crippen LogP contribution in [0.3, 0.4) is 0 Å². The number of amides is 3. The van der Waals surface area contributed by atoms with Gasteiger partial charge in [0.2, 0.25) is 0 Å². The lowest BCUT2D eigenvalue weighted by molar-refractivity contribution is -0.123. The van der Waals surface area contributed by atoms with Crippen LogP contribution < -0.4 is 14.8 Å². The molecule has 0 aromatic heterocycles. The fraction of sp³-hybridized carbons (Fsp3) is 0.182. The molecule has 1 heterocycles. The quantitative estimate of drug-likeness (QED) is 0.447. The number of hydrogen-bond acceptors (Lipinski definition) is 4. The number of ether oxygens (including phenoxy) is 2. The van der Waals surface area contributed by atoms with Gasteiger partial charge >= 0.3 is 6.03 Å². The highest BCUT2D eigenvalue weighted by Crippen LogP contribution is 2.37. The molecule has 29 heavy (non-hydrogen) atoms. The van der Waals surface area contributed by atoms with Crippen molar-refractivity contribution in [3.63, 3.8) is 0 Å². The minimum Gasteiger partial charge on any atom is -0.493 e. The van der Waals surface area contributed by atoms with Crippen LogP contribution in [0.4, 0.5) is 4.79 Å². The maximum absolute atomic E-state index is 12.7. The first-order chi connectivity index (χ1) is 13.9. The standard InChI is InChI=1S/C22H19ClN2O4/c1-4-9-29-20-17(23)10-16(12-19(20)28-3)11-18-21(26)25(22(27)24-18)13-15-7-5-14(2)6-8-15/h1,5-8,10-12H,9,13H2,2-3H3,(H,24,27)/b18-11+. The highest BCUT2D eigenvalue weighted by Gasteiger charge is 2.33. The minimum absolute atomic E-state index is 0.0407. The molecule has 0 spiro atoms. The van der Waals surface area contributed by atoms with E-state index < -0.39 is 11.9 Å². The van der Waals surface area contributed by atoms with Crippen LogP contribution in [-0.4, -0.2) is 30.6 Å². The van der Waals surface area contributed by atoms with Crippen LogP contribution in [0.15, 0.2) is 42.1 Å². The predicted molar refractivity (Wildman–Crippen MR) is 111 cm³/mol. The molecule has 1 fully saturated rings. The van der Waals surface area contributed by atoms with Gasteiger partial charge in [-0.05, 0) is 36.3 Å². The van der Waals surface area contributed by atoms with Gasteiger partial charge < -0.3 is 14.8 Å². The highest BCUT2D eigenvalue weighted by molar-refractivity contribution is 6.32. The molecule has 0 aliphatic carbocycles. The largest absolute Gasteiger partial charge is 0.493 e. The Labute approximate surface area is 174 Å². The van der Waals surface area contributed by atoms with E-state index in [2.05, 4.69) is 11.2 Å². The zero-order valence-electron chi connectivity index (χ0n) is 16.0. The third kappa shape index (κ3) is 4.53. The summed E-state index contributed by atoms with van der Waals surface area (Å²) in [4.78, 5) is 26.1. The molecule has 1 N–H and O–H groups in total. The van der Waals surface area contributed by atoms with E-state index in [9.17, 15) is 9.59 Å². The summed E-state index contributed by atoms with van der Waals surface area (Å²) in [6, 6.07) is 10.4. The van der Waals surface area contributed by atoms with Gasteiger partial charge in [-0.1, -0.05) is 47.4 Å². The molecule has 2 aromatic rings. The number of benzene rings is 2. The summed E-state index contributed by atoms with van der Waals surface area (Å²) in [7, 11) is 1.47. The zero-order chi connectivity index (χ0) is 21.0. The molecule has 1 aliphatic rings. The van der Waals surface area contributed by atoms with Crippen molar-refractivity contribution < 1.29 is 19.1 Å². The number of aryl methyl sites for hydroxylation is 1. The number of methoxy groups -OCH3 is 1. The second-order valence-electron chi connectivity index (χ2n) is 6.39. The molecule has 1 saturated heterocycles. The van der Waals surface area contributed by atoms with Crippen LogP contribution in [0.5, 0.6) is 11.5 Å². The topological polar surface area (TPSA) is 67.9 Å². The molecule has 0 radical (unpaired) electrons. The third-order valence-electron chi connectivity index (χ3n) is 4.29. The number of rotatable bonds is 6. The number of nitrogens with one attached hydrogen (secondary N) is 1. The molecule has 7 heteroatoms. The van der Waals surface area contributed by atoms with E-state index in [1.807, 2.05) is 31.2 Å². The number of imide groups is 1. The maximum Gasteiger partial charge on any atom is 0.329 e. The van der Waals surface area contributed by atoms with Gasteiger partial charge in [-0.3, -0.25) is 9.69 Å². The van der Waals surface area contributed by atoms with Gasteiger partial charge in [-0.15, -0.1) is 6.42 Å². The van der Waals surface area contributed by atoms with Gasteiger partial charge in [-0.2, -0.15) is 0 Å². The van der Waals surface area contributed by atoms with E-state index in [1.165, 1.54) is 13.2 Å². The second kappa shape index (κ2) is 8.72. The molecule has 0 saturated carbocycles. The minimum atomic E-state index is -0.478. The van der Waals surface area contributed by atoms with Crippen molar-refractivity contribution in [2.24, 2.45) is 0 Å². The Hall–Kier alpha value is -3.43. The highest BCUT2D eigenvalue weighted by atomic mass is 35.5. The summed E-state index contributed by atoms with van der Waals surface area (Å²) >= 11 is 6.26. The Morgan fingerprint density at radius 3 is 2.62 bits per heavy atom. The summed E-state index contributed by atoms with van der Waals surface area (Å²) in [5.74, 6) is 2.63. The van der Waals surface area contributed by atoms with Crippen molar-refractivity contribution in [2.45, 2.75) is 13.5 Å². The molecule has 0 atom stereocenters. The summed E-state index contributed by atoms with van der Waals surface area (Å²) in [5.41, 5.74) is 2.69. The number of halogens is 1. The van der Waals surface area contributed by atoms with Crippen LogP contribution in [0, 0.1) is 19.3 Å². The lowest BCUT2D eigenvalue weighted by Gasteiger charge is -2.12. The number of carbonyl (C=O) groups is 2. The van der Waals surface area contributed by atoms with Crippen LogP contribution in [0.1, 0.15) is 16.7 Å². The number of hydrogen-bond donors (Lipinski definition) is 1. The lowest BCUT2D eigenvalue weighted by Crippen LogP contribution is -2.30. The molecule has 3 amide bonds. The average molecular weight is 411 g/mol. The number of carbonyl (C=O) groups excluding carboxylic acids is 2. The molecule has 1 aliphatic heterocycles. The summed E-state index contributed by atoms with van der Waals surface area (Å²) in [6.45, 7) is 2.20. The smallest absolute Gasteiger partial charge is 0.329 e. The molecule has 2 aromatic carbocycles. The molecule has 0 unspecified atom stereocenters. The second-order valence-corrected chi connectivity index (χ2v) is 6.80. The van der Waals surface area contributed by atoms with Crippen molar-refractivity contribution in [1.29, 1.82) is 0 Å². The third-order valence-corrected chi connectivity index (χ3v) is 4.57. The Kier molecular flexibility index (Phi) is 6.10. The first-order valence-corrected chi connectivity index (χ1v) is 9.14. The first-order valence-electron chi connectivity index (χ1n) is 8.77. The fourth-order valence-corrected chi connectivity index (χ4v) is 3.11. The van der Waals surface area contributed by atoms with Gasteiger partial charge in [0.1, 0.15) is 12.3 Å². The van der Waals surface area contributed by atoms with E-state index in [-0.39, 0.29) is 23.9 Å². The van der Waals surface area contributed by atoms with E-state index in [1.54, 1.807) is 12.1 Å². The molecule has 6 nitrogen and oxygen atoms in total. The van der Waals surface area contributed by atoms with E-state index in [0.29, 0.717) is 17.1 Å². The van der Waals surface area contributed by atoms with Gasteiger partial charge in [0.05, 0.1) is 18.7 Å². The Bertz CT molecular complexity index is 1020. The van der Waals surface area contributed by atoms with Crippen LogP contribution in [0.25, 0.3) is 6.08 Å². The number of urea groups is 1. The van der Waals surface area contributed by atoms with Gasteiger partial charge in [-0.25, -0.2) is 4.79 Å². The average Bonchev–Trinajstić information content (AvgIpc) is 2.95. The van der Waals surface area contributed by atoms with Crippen molar-refractivity contribution >= 4 is 29.6 Å². The van der Waals surface area contributed by atoms with Gasteiger partial charge in [0.25, 0.3) is 5.91 Å². The Morgan fingerprint density at radius 2 is 1.97 bits per heavy atom. The first kappa shape index (κ1) is 20.3. The predicted octanol–water partition coefficient (Wildman–Crippen LogP) is 3.76. The van der Waals surface area contributed by atoms with Crippen LogP contribution in [-0.2, 0) is 11.3 Å². The van der Waals surface area contributed by atoms with Crippen molar-refractivity contribution in [1.82, 2.24) is 10.2 Å². The van der Waals surface area contributed by atoms with Gasteiger partial charge in [0, 0.05) is 0 Å². The molecular weight excluding hydrogens is 392 g/mol. The molecule has 0 bridgehead atoms. The fourth-order valence-electron chi connectivity index (χ4n) is 2.83. The molecular formula is C22H19ClN2O4. The molecule has 148 valence electrons. The van der Waals surface area contributed by atoms with Gasteiger partial charge in [0.15, 0.2) is 11.5 Å². The van der Waals surface area contributed by atoms with Crippen molar-refractivity contribution in [3.8, 4) is 23.8 Å². The van der Waals surface area contributed by atoms with Crippen molar-refractivity contribution in [2.75, 3.05) is 13.7 Å². The summed E-state index contributed by atoms with van der Waals surface area (Å²) < 4.78 is 10.7. The monoisotopic (exact) mass is 410 g/mol. The number of nitrogens with zero attached hydrogens (tertiary/aromatic N) is 1.